The summed E-state index contributed by atoms with van der Waals surface area (Å²) in [7, 11) is 0. The Kier molecular flexibility index (Phi) is 9.80. The van der Waals surface area contributed by atoms with Crippen LogP contribution in [0, 0.1) is 0 Å². The summed E-state index contributed by atoms with van der Waals surface area (Å²) < 4.78 is 0.427. The number of hydrogen-bond donors (Lipinski definition) is 7. The van der Waals surface area contributed by atoms with Gasteiger partial charge in [-0.05, 0) is 18.4 Å². The molecule has 2 atom stereocenters. The predicted octanol–water partition coefficient (Wildman–Crippen LogP) is -1.77. The lowest BCUT2D eigenvalue weighted by Gasteiger charge is -2.32. The standard InChI is InChI=1S/C22H29N7O8/c1-12(30)26-15(11-17(31)32)19(34)28(16(20(35)36)10-13-6-3-2-4-7-13)29-18(33)14(27-22(29)37)8-5-9-25-21(23)24/h2-4,6-7,15-16,33H,5,8-11H2,1H3,(H,26,30)(H,27,37)(H,31,32)(H,35,36)(H4,23,24,25)/t15-,16-/m0/s1. The minimum absolute atomic E-state index is 0.0354. The zero-order chi connectivity index (χ0) is 27.7. The maximum Gasteiger partial charge on any atom is 0.348 e. The molecule has 0 unspecified atom stereocenters. The van der Waals surface area contributed by atoms with Crippen LogP contribution < -0.4 is 27.5 Å². The summed E-state index contributed by atoms with van der Waals surface area (Å²) in [4.78, 5) is 68.0. The summed E-state index contributed by atoms with van der Waals surface area (Å²) in [5, 5.41) is 32.7. The van der Waals surface area contributed by atoms with Gasteiger partial charge in [0, 0.05) is 19.9 Å². The normalized spacial score (nSPS) is 12.2. The van der Waals surface area contributed by atoms with E-state index in [0.29, 0.717) is 15.2 Å². The first-order chi connectivity index (χ1) is 17.4. The summed E-state index contributed by atoms with van der Waals surface area (Å²) in [5.41, 5.74) is 9.92. The van der Waals surface area contributed by atoms with Crippen molar-refractivity contribution in [3.63, 3.8) is 0 Å². The molecule has 0 bridgehead atoms. The van der Waals surface area contributed by atoms with Crippen molar-refractivity contribution in [2.75, 3.05) is 11.6 Å². The minimum atomic E-state index is -1.77. The Bertz CT molecular complexity index is 1200. The molecule has 200 valence electrons. The smallest absolute Gasteiger partial charge is 0.348 e. The van der Waals surface area contributed by atoms with Gasteiger partial charge in [-0.1, -0.05) is 30.3 Å². The second kappa shape index (κ2) is 12.8. The second-order valence-electron chi connectivity index (χ2n) is 8.03. The highest BCUT2D eigenvalue weighted by atomic mass is 16.4. The van der Waals surface area contributed by atoms with Crippen molar-refractivity contribution in [3.8, 4) is 5.88 Å². The maximum atomic E-state index is 13.6. The Morgan fingerprint density at radius 3 is 2.35 bits per heavy atom. The number of benzene rings is 1. The van der Waals surface area contributed by atoms with E-state index < -0.39 is 53.8 Å². The molecular weight excluding hydrogens is 490 g/mol. The van der Waals surface area contributed by atoms with Crippen molar-refractivity contribution in [3.05, 3.63) is 52.1 Å². The molecule has 0 spiro atoms. The van der Waals surface area contributed by atoms with E-state index in [1.165, 1.54) is 0 Å². The zero-order valence-corrected chi connectivity index (χ0v) is 20.0. The number of aromatic amines is 1. The monoisotopic (exact) mass is 519 g/mol. The van der Waals surface area contributed by atoms with Crippen molar-refractivity contribution < 1.29 is 34.5 Å². The van der Waals surface area contributed by atoms with Gasteiger partial charge in [0.1, 0.15) is 6.04 Å². The number of aryl methyl sites for hydroxylation is 1. The SMILES string of the molecule is CC(=O)N[C@@H](CC(=O)O)C(=O)N([C@@H](Cc1ccccc1)C(=O)O)n1c(O)c(CCCN=C(N)N)[nH]c1=O. The number of carbonyl (C=O) groups is 4. The highest BCUT2D eigenvalue weighted by Crippen LogP contribution is 2.19. The van der Waals surface area contributed by atoms with Crippen LogP contribution in [0.2, 0.25) is 0 Å². The molecule has 15 heteroatoms. The number of aliphatic imine (C=N–C) groups is 1. The Morgan fingerprint density at radius 2 is 1.81 bits per heavy atom. The van der Waals surface area contributed by atoms with Gasteiger partial charge in [-0.25, -0.2) is 14.6 Å². The van der Waals surface area contributed by atoms with E-state index in [1.807, 2.05) is 0 Å². The van der Waals surface area contributed by atoms with E-state index in [-0.39, 0.29) is 37.5 Å². The highest BCUT2D eigenvalue weighted by molar-refractivity contribution is 5.99. The van der Waals surface area contributed by atoms with Gasteiger partial charge in [0.2, 0.25) is 11.8 Å². The molecule has 0 saturated heterocycles. The lowest BCUT2D eigenvalue weighted by Crippen LogP contribution is -2.61. The molecular formula is C22H29N7O8. The van der Waals surface area contributed by atoms with Gasteiger partial charge in [-0.3, -0.25) is 19.4 Å². The van der Waals surface area contributed by atoms with E-state index >= 15 is 0 Å². The lowest BCUT2D eigenvalue weighted by atomic mass is 10.0. The molecule has 0 aliphatic rings. The first-order valence-electron chi connectivity index (χ1n) is 11.1. The highest BCUT2D eigenvalue weighted by Gasteiger charge is 2.39. The number of H-pyrrole nitrogens is 1. The number of carbonyl (C=O) groups excluding carboxylic acids is 2. The van der Waals surface area contributed by atoms with Crippen LogP contribution in [-0.2, 0) is 32.0 Å². The predicted molar refractivity (Wildman–Crippen MR) is 130 cm³/mol. The molecule has 2 aromatic rings. The van der Waals surface area contributed by atoms with Gasteiger partial charge in [0.05, 0.1) is 12.1 Å². The molecule has 1 aromatic heterocycles. The number of aromatic hydroxyl groups is 1. The van der Waals surface area contributed by atoms with Crippen LogP contribution in [-0.4, -0.2) is 73.3 Å². The fourth-order valence-corrected chi connectivity index (χ4v) is 3.59. The Balaban J connectivity index is 2.61. The molecule has 37 heavy (non-hydrogen) atoms. The number of amides is 2. The molecule has 0 aliphatic carbocycles. The summed E-state index contributed by atoms with van der Waals surface area (Å²) in [6, 6.07) is 4.65. The van der Waals surface area contributed by atoms with Gasteiger partial charge in [0.15, 0.2) is 12.0 Å². The van der Waals surface area contributed by atoms with Gasteiger partial charge in [0.25, 0.3) is 5.91 Å². The molecule has 9 N–H and O–H groups in total. The van der Waals surface area contributed by atoms with Gasteiger partial charge in [-0.15, -0.1) is 0 Å². The first-order valence-corrected chi connectivity index (χ1v) is 11.1. The summed E-state index contributed by atoms with van der Waals surface area (Å²) in [6.45, 7) is 1.20. The molecule has 2 amide bonds. The zero-order valence-electron chi connectivity index (χ0n) is 20.0. The van der Waals surface area contributed by atoms with E-state index in [2.05, 4.69) is 15.3 Å². The fraction of sp³-hybridized carbons (Fsp3) is 0.364. The fourth-order valence-electron chi connectivity index (χ4n) is 3.59. The topological polar surface area (TPSA) is 246 Å². The number of hydrogen-bond acceptors (Lipinski definition) is 7. The molecule has 1 heterocycles. The van der Waals surface area contributed by atoms with E-state index in [1.54, 1.807) is 30.3 Å². The number of nitrogens with two attached hydrogens (primary N) is 2. The van der Waals surface area contributed by atoms with E-state index in [0.717, 1.165) is 6.92 Å². The van der Waals surface area contributed by atoms with Crippen molar-refractivity contribution in [2.45, 2.75) is 44.7 Å². The van der Waals surface area contributed by atoms with Crippen molar-refractivity contribution in [1.29, 1.82) is 0 Å². The third-order valence-electron chi connectivity index (χ3n) is 5.15. The number of nitrogens with zero attached hydrogens (tertiary/aromatic N) is 3. The molecule has 15 nitrogen and oxygen atoms in total. The van der Waals surface area contributed by atoms with Crippen LogP contribution >= 0.6 is 0 Å². The number of aromatic nitrogens is 2. The molecule has 0 radical (unpaired) electrons. The third-order valence-corrected chi connectivity index (χ3v) is 5.15. The van der Waals surface area contributed by atoms with Gasteiger partial charge in [-0.2, -0.15) is 4.68 Å². The largest absolute Gasteiger partial charge is 0.492 e. The molecule has 1 aromatic carbocycles. The molecule has 0 aliphatic heterocycles. The van der Waals surface area contributed by atoms with Crippen LogP contribution in [0.15, 0.2) is 40.1 Å². The van der Waals surface area contributed by atoms with Crippen LogP contribution in [0.25, 0.3) is 0 Å². The van der Waals surface area contributed by atoms with Crippen molar-refractivity contribution in [2.24, 2.45) is 16.5 Å². The minimum Gasteiger partial charge on any atom is -0.492 e. The van der Waals surface area contributed by atoms with Crippen molar-refractivity contribution in [1.82, 2.24) is 15.0 Å². The maximum absolute atomic E-state index is 13.6. The Morgan fingerprint density at radius 1 is 1.16 bits per heavy atom. The van der Waals surface area contributed by atoms with Crippen LogP contribution in [0.3, 0.4) is 0 Å². The number of nitrogens with one attached hydrogen (secondary N) is 2. The molecule has 2 rings (SSSR count). The van der Waals surface area contributed by atoms with Gasteiger partial charge >= 0.3 is 17.6 Å². The van der Waals surface area contributed by atoms with Crippen LogP contribution in [0.5, 0.6) is 5.88 Å². The number of carboxylic acids is 2. The third kappa shape index (κ3) is 7.84. The average Bonchev–Trinajstić information content (AvgIpc) is 3.08. The Hall–Kier alpha value is -4.82. The number of imidazole rings is 1. The van der Waals surface area contributed by atoms with E-state index in [4.69, 9.17) is 11.5 Å². The quantitative estimate of drug-likeness (QED) is 0.0891. The van der Waals surface area contributed by atoms with Crippen LogP contribution in [0.4, 0.5) is 0 Å². The summed E-state index contributed by atoms with van der Waals surface area (Å²) >= 11 is 0. The summed E-state index contributed by atoms with van der Waals surface area (Å²) in [5.74, 6) is -5.92. The number of rotatable bonds is 13. The van der Waals surface area contributed by atoms with Gasteiger partial charge < -0.3 is 37.1 Å². The lowest BCUT2D eigenvalue weighted by molar-refractivity contribution is -0.142. The number of aliphatic carboxylic acids is 2. The van der Waals surface area contributed by atoms with Crippen LogP contribution in [0.1, 0.15) is 31.0 Å². The molecule has 0 fully saturated rings. The van der Waals surface area contributed by atoms with Crippen molar-refractivity contribution >= 4 is 29.7 Å². The first kappa shape index (κ1) is 28.4. The Labute approximate surface area is 210 Å². The number of carboxylic acid groups (broad SMARTS) is 2. The summed E-state index contributed by atoms with van der Waals surface area (Å²) in [6.07, 6.45) is -0.886. The van der Waals surface area contributed by atoms with E-state index in [9.17, 15) is 39.3 Å². The average molecular weight is 520 g/mol. The number of guanidine groups is 1. The second-order valence-corrected chi connectivity index (χ2v) is 8.03. The molecule has 0 saturated carbocycles.